The first-order valence-corrected chi connectivity index (χ1v) is 6.04. The normalized spacial score (nSPS) is 10.3. The molecule has 1 N–H and O–H groups in total. The van der Waals surface area contributed by atoms with Crippen molar-refractivity contribution in [3.63, 3.8) is 0 Å². The summed E-state index contributed by atoms with van der Waals surface area (Å²) in [5.41, 5.74) is -0.253. The molecule has 0 saturated heterocycles. The molecule has 0 saturated carbocycles. The van der Waals surface area contributed by atoms with Gasteiger partial charge >= 0.3 is 5.97 Å². The van der Waals surface area contributed by atoms with E-state index in [1.165, 1.54) is 19.1 Å². The van der Waals surface area contributed by atoms with Gasteiger partial charge in [-0.3, -0.25) is 0 Å². The smallest absolute Gasteiger partial charge is 0.335 e. The summed E-state index contributed by atoms with van der Waals surface area (Å²) in [6.45, 7) is 0. The molecule has 0 fully saturated rings. The number of carboxylic acids is 1. The standard InChI is InChI=1S/C15H13F2NO3/c1-18(10-4-3-5-11(8-10)21-2)14-12(16)6-9(15(19)20)7-13(14)17/h3-8H,1-2H3,(H,19,20). The van der Waals surface area contributed by atoms with E-state index in [0.717, 1.165) is 12.1 Å². The van der Waals surface area contributed by atoms with Gasteiger partial charge in [-0.25, -0.2) is 13.6 Å². The van der Waals surface area contributed by atoms with E-state index in [-0.39, 0.29) is 5.69 Å². The fraction of sp³-hybridized carbons (Fsp3) is 0.133. The summed E-state index contributed by atoms with van der Waals surface area (Å²) in [6, 6.07) is 8.25. The number of rotatable bonds is 4. The van der Waals surface area contributed by atoms with Crippen molar-refractivity contribution in [3.8, 4) is 5.75 Å². The fourth-order valence-electron chi connectivity index (χ4n) is 1.96. The van der Waals surface area contributed by atoms with Crippen molar-refractivity contribution in [2.45, 2.75) is 0 Å². The minimum Gasteiger partial charge on any atom is -0.497 e. The quantitative estimate of drug-likeness (QED) is 0.938. The molecule has 2 rings (SSSR count). The van der Waals surface area contributed by atoms with E-state index in [1.54, 1.807) is 24.3 Å². The summed E-state index contributed by atoms with van der Waals surface area (Å²) in [6.07, 6.45) is 0. The molecular weight excluding hydrogens is 280 g/mol. The number of benzene rings is 2. The maximum Gasteiger partial charge on any atom is 0.335 e. The molecule has 0 aromatic heterocycles. The Morgan fingerprint density at radius 1 is 1.19 bits per heavy atom. The van der Waals surface area contributed by atoms with Crippen LogP contribution in [0.1, 0.15) is 10.4 Å². The van der Waals surface area contributed by atoms with Crippen LogP contribution in [0.2, 0.25) is 0 Å². The van der Waals surface area contributed by atoms with E-state index in [4.69, 9.17) is 9.84 Å². The van der Waals surface area contributed by atoms with Crippen molar-refractivity contribution in [2.75, 3.05) is 19.1 Å². The lowest BCUT2D eigenvalue weighted by Gasteiger charge is -2.21. The number of halogens is 2. The molecule has 21 heavy (non-hydrogen) atoms. The Kier molecular flexibility index (Phi) is 4.07. The molecule has 6 heteroatoms. The molecule has 0 heterocycles. The summed E-state index contributed by atoms with van der Waals surface area (Å²) < 4.78 is 33.1. The van der Waals surface area contributed by atoms with Crippen molar-refractivity contribution in [2.24, 2.45) is 0 Å². The number of ether oxygens (including phenoxy) is 1. The van der Waals surface area contributed by atoms with Gasteiger partial charge in [0.1, 0.15) is 11.4 Å². The zero-order valence-corrected chi connectivity index (χ0v) is 11.4. The van der Waals surface area contributed by atoms with Crippen LogP contribution in [0.4, 0.5) is 20.2 Å². The van der Waals surface area contributed by atoms with Crippen molar-refractivity contribution in [1.82, 2.24) is 0 Å². The van der Waals surface area contributed by atoms with Gasteiger partial charge in [0.2, 0.25) is 0 Å². The van der Waals surface area contributed by atoms with Crippen LogP contribution in [0.5, 0.6) is 5.75 Å². The molecule has 0 spiro atoms. The van der Waals surface area contributed by atoms with E-state index in [2.05, 4.69) is 0 Å². The molecule has 0 bridgehead atoms. The second-order valence-corrected chi connectivity index (χ2v) is 4.35. The predicted molar refractivity (Wildman–Crippen MR) is 74.4 cm³/mol. The van der Waals surface area contributed by atoms with E-state index in [9.17, 15) is 13.6 Å². The molecule has 110 valence electrons. The third-order valence-corrected chi connectivity index (χ3v) is 3.04. The van der Waals surface area contributed by atoms with Crippen LogP contribution in [-0.4, -0.2) is 25.2 Å². The SMILES string of the molecule is COc1cccc(N(C)c2c(F)cc(C(=O)O)cc2F)c1. The second kappa shape index (κ2) is 5.78. The molecule has 2 aromatic carbocycles. The van der Waals surface area contributed by atoms with Crippen molar-refractivity contribution >= 4 is 17.3 Å². The lowest BCUT2D eigenvalue weighted by atomic mass is 10.1. The Morgan fingerprint density at radius 2 is 1.81 bits per heavy atom. The Balaban J connectivity index is 2.47. The number of methoxy groups -OCH3 is 1. The highest BCUT2D eigenvalue weighted by molar-refractivity contribution is 5.88. The van der Waals surface area contributed by atoms with Gasteiger partial charge < -0.3 is 14.7 Å². The third kappa shape index (κ3) is 2.94. The topological polar surface area (TPSA) is 49.8 Å². The highest BCUT2D eigenvalue weighted by atomic mass is 19.1. The van der Waals surface area contributed by atoms with Crippen LogP contribution in [0.3, 0.4) is 0 Å². The molecular formula is C15H13F2NO3. The lowest BCUT2D eigenvalue weighted by molar-refractivity contribution is 0.0696. The number of hydrogen-bond acceptors (Lipinski definition) is 3. The maximum absolute atomic E-state index is 14.0. The fourth-order valence-corrected chi connectivity index (χ4v) is 1.96. The highest BCUT2D eigenvalue weighted by Crippen LogP contribution is 2.31. The third-order valence-electron chi connectivity index (χ3n) is 3.04. The summed E-state index contributed by atoms with van der Waals surface area (Å²) in [4.78, 5) is 12.1. The molecule has 0 aliphatic heterocycles. The average molecular weight is 293 g/mol. The largest absolute Gasteiger partial charge is 0.497 e. The number of carbonyl (C=O) groups is 1. The number of aromatic carboxylic acids is 1. The molecule has 0 unspecified atom stereocenters. The van der Waals surface area contributed by atoms with Crippen molar-refractivity contribution < 1.29 is 23.4 Å². The van der Waals surface area contributed by atoms with Crippen LogP contribution >= 0.6 is 0 Å². The second-order valence-electron chi connectivity index (χ2n) is 4.35. The highest BCUT2D eigenvalue weighted by Gasteiger charge is 2.19. The zero-order valence-electron chi connectivity index (χ0n) is 11.4. The average Bonchev–Trinajstić information content (AvgIpc) is 2.46. The van der Waals surface area contributed by atoms with Gasteiger partial charge in [-0.1, -0.05) is 6.07 Å². The van der Waals surface area contributed by atoms with Gasteiger partial charge in [-0.15, -0.1) is 0 Å². The number of hydrogen-bond donors (Lipinski definition) is 1. The van der Waals surface area contributed by atoms with Crippen molar-refractivity contribution in [3.05, 3.63) is 53.6 Å². The molecule has 0 radical (unpaired) electrons. The van der Waals surface area contributed by atoms with Crippen LogP contribution < -0.4 is 9.64 Å². The summed E-state index contributed by atoms with van der Waals surface area (Å²) in [7, 11) is 2.97. The minimum atomic E-state index is -1.39. The van der Waals surface area contributed by atoms with Crippen LogP contribution in [0.25, 0.3) is 0 Å². The first-order chi connectivity index (χ1) is 9.93. The minimum absolute atomic E-state index is 0.326. The van der Waals surface area contributed by atoms with E-state index >= 15 is 0 Å². The molecule has 2 aromatic rings. The molecule has 4 nitrogen and oxygen atoms in total. The number of carboxylic acid groups (broad SMARTS) is 1. The summed E-state index contributed by atoms with van der Waals surface area (Å²) in [5.74, 6) is -2.74. The van der Waals surface area contributed by atoms with Gasteiger partial charge in [-0.05, 0) is 24.3 Å². The van der Waals surface area contributed by atoms with E-state index < -0.39 is 23.2 Å². The van der Waals surface area contributed by atoms with Gasteiger partial charge in [0.05, 0.1) is 12.7 Å². The Morgan fingerprint density at radius 3 is 2.33 bits per heavy atom. The van der Waals surface area contributed by atoms with E-state index in [0.29, 0.717) is 11.4 Å². The molecule has 0 amide bonds. The maximum atomic E-state index is 14.0. The number of nitrogens with zero attached hydrogens (tertiary/aromatic N) is 1. The monoisotopic (exact) mass is 293 g/mol. The van der Waals surface area contributed by atoms with Crippen LogP contribution in [-0.2, 0) is 0 Å². The Bertz CT molecular complexity index is 665. The first-order valence-electron chi connectivity index (χ1n) is 6.04. The van der Waals surface area contributed by atoms with Gasteiger partial charge in [0.15, 0.2) is 11.6 Å². The Labute approximate surface area is 120 Å². The van der Waals surface area contributed by atoms with Crippen LogP contribution in [0, 0.1) is 11.6 Å². The van der Waals surface area contributed by atoms with Gasteiger partial charge in [-0.2, -0.15) is 0 Å². The molecule has 0 aliphatic carbocycles. The molecule has 0 aliphatic rings. The first kappa shape index (κ1) is 14.8. The summed E-state index contributed by atoms with van der Waals surface area (Å²) in [5, 5.41) is 8.79. The molecule has 0 atom stereocenters. The van der Waals surface area contributed by atoms with E-state index in [1.807, 2.05) is 0 Å². The predicted octanol–water partition coefficient (Wildman–Crippen LogP) is 3.44. The van der Waals surface area contributed by atoms with Crippen LogP contribution in [0.15, 0.2) is 36.4 Å². The van der Waals surface area contributed by atoms with Gasteiger partial charge in [0, 0.05) is 18.8 Å². The van der Waals surface area contributed by atoms with Gasteiger partial charge in [0.25, 0.3) is 0 Å². The Hall–Kier alpha value is -2.63. The number of anilines is 2. The zero-order chi connectivity index (χ0) is 15.6. The lowest BCUT2D eigenvalue weighted by Crippen LogP contribution is -2.14. The summed E-state index contributed by atoms with van der Waals surface area (Å²) >= 11 is 0. The van der Waals surface area contributed by atoms with Crippen molar-refractivity contribution in [1.29, 1.82) is 0 Å².